The SMILES string of the molecule is COc1ccc2c(c1)C1(C(=O)N2)N(C)CC(c2ccco2)C12SC(=S)N(Cc1ccccc1)C2=O. The Morgan fingerprint density at radius 2 is 1.97 bits per heavy atom. The number of methoxy groups -OCH3 is 1. The summed E-state index contributed by atoms with van der Waals surface area (Å²) in [5, 5.41) is 3.03. The van der Waals surface area contributed by atoms with Crippen LogP contribution in [0.15, 0.2) is 71.3 Å². The zero-order valence-electron chi connectivity index (χ0n) is 19.2. The standard InChI is InChI=1S/C26H23N3O4S2/c1-28-15-19(21-9-6-12-33-21)26(23(31)29(24(34)35-26)14-16-7-4-3-5-8-16)25(28)18-13-17(32-2)10-11-20(18)27-22(25)30/h3-13,19H,14-15H2,1-2H3,(H,27,30). The Morgan fingerprint density at radius 3 is 2.69 bits per heavy atom. The summed E-state index contributed by atoms with van der Waals surface area (Å²) in [5.41, 5.74) is 1.05. The van der Waals surface area contributed by atoms with E-state index in [0.29, 0.717) is 40.2 Å². The van der Waals surface area contributed by atoms with Crippen molar-refractivity contribution in [1.29, 1.82) is 0 Å². The maximum absolute atomic E-state index is 14.6. The van der Waals surface area contributed by atoms with Crippen LogP contribution in [0.1, 0.15) is 22.8 Å². The van der Waals surface area contributed by atoms with Gasteiger partial charge in [-0.1, -0.05) is 54.3 Å². The Morgan fingerprint density at radius 1 is 1.17 bits per heavy atom. The Labute approximate surface area is 212 Å². The number of likely N-dealkylation sites (tertiary alicyclic amines) is 1. The second-order valence-corrected chi connectivity index (χ2v) is 10.9. The number of nitrogens with zero attached hydrogens (tertiary/aromatic N) is 2. The predicted octanol–water partition coefficient (Wildman–Crippen LogP) is 3.96. The third-order valence-electron chi connectivity index (χ3n) is 7.35. The number of nitrogens with one attached hydrogen (secondary N) is 1. The number of likely N-dealkylation sites (N-methyl/N-ethyl adjacent to an activating group) is 1. The lowest BCUT2D eigenvalue weighted by molar-refractivity contribution is -0.138. The molecule has 1 N–H and O–H groups in total. The minimum Gasteiger partial charge on any atom is -0.497 e. The fraction of sp³-hybridized carbons (Fsp3) is 0.269. The molecule has 35 heavy (non-hydrogen) atoms. The predicted molar refractivity (Wildman–Crippen MR) is 137 cm³/mol. The third-order valence-corrected chi connectivity index (χ3v) is 9.29. The van der Waals surface area contributed by atoms with E-state index >= 15 is 0 Å². The van der Waals surface area contributed by atoms with Crippen molar-refractivity contribution in [1.82, 2.24) is 9.80 Å². The minimum atomic E-state index is -1.30. The summed E-state index contributed by atoms with van der Waals surface area (Å²) in [7, 11) is 3.47. The van der Waals surface area contributed by atoms with E-state index in [9.17, 15) is 9.59 Å². The first-order valence-electron chi connectivity index (χ1n) is 11.3. The fourth-order valence-electron chi connectivity index (χ4n) is 5.87. The molecule has 3 aromatic rings. The number of carbonyl (C=O) groups is 2. The lowest BCUT2D eigenvalue weighted by atomic mass is 9.73. The molecule has 2 spiro atoms. The zero-order valence-corrected chi connectivity index (χ0v) is 20.8. The number of hydrogen-bond donors (Lipinski definition) is 1. The number of furan rings is 1. The molecular weight excluding hydrogens is 482 g/mol. The number of hydrogen-bond acceptors (Lipinski definition) is 7. The van der Waals surface area contributed by atoms with Crippen molar-refractivity contribution in [2.75, 3.05) is 26.0 Å². The van der Waals surface area contributed by atoms with Gasteiger partial charge >= 0.3 is 0 Å². The molecule has 0 saturated carbocycles. The Balaban J connectivity index is 1.58. The molecule has 9 heteroatoms. The van der Waals surface area contributed by atoms with Gasteiger partial charge in [0.15, 0.2) is 5.54 Å². The van der Waals surface area contributed by atoms with Crippen LogP contribution in [0.3, 0.4) is 0 Å². The molecule has 3 atom stereocenters. The first-order valence-corrected chi connectivity index (χ1v) is 12.5. The van der Waals surface area contributed by atoms with Crippen LogP contribution >= 0.6 is 24.0 Å². The van der Waals surface area contributed by atoms with Crippen LogP contribution in [0.2, 0.25) is 0 Å². The third kappa shape index (κ3) is 2.86. The van der Waals surface area contributed by atoms with Crippen molar-refractivity contribution in [2.24, 2.45) is 0 Å². The number of benzene rings is 2. The zero-order chi connectivity index (χ0) is 24.4. The smallest absolute Gasteiger partial charge is 0.251 e. The van der Waals surface area contributed by atoms with Gasteiger partial charge in [0.05, 0.1) is 25.8 Å². The quantitative estimate of drug-likeness (QED) is 0.538. The molecule has 2 aromatic carbocycles. The van der Waals surface area contributed by atoms with Crippen LogP contribution in [0.25, 0.3) is 0 Å². The van der Waals surface area contributed by atoms with Gasteiger partial charge in [0.1, 0.15) is 20.6 Å². The first-order chi connectivity index (χ1) is 16.9. The Bertz CT molecular complexity index is 1350. The Kier molecular flexibility index (Phi) is 5.07. The van der Waals surface area contributed by atoms with Crippen LogP contribution in [-0.2, 0) is 21.7 Å². The lowest BCUT2D eigenvalue weighted by Gasteiger charge is -2.41. The molecule has 2 fully saturated rings. The Hall–Kier alpha value is -3.14. The van der Waals surface area contributed by atoms with Crippen molar-refractivity contribution < 1.29 is 18.7 Å². The lowest BCUT2D eigenvalue weighted by Crippen LogP contribution is -2.61. The van der Waals surface area contributed by atoms with E-state index in [0.717, 1.165) is 5.56 Å². The van der Waals surface area contributed by atoms with Crippen molar-refractivity contribution >= 4 is 45.8 Å². The second-order valence-electron chi connectivity index (χ2n) is 9.01. The van der Waals surface area contributed by atoms with Gasteiger partial charge in [0, 0.05) is 17.8 Å². The van der Waals surface area contributed by atoms with Crippen LogP contribution in [0.4, 0.5) is 5.69 Å². The highest BCUT2D eigenvalue weighted by Gasteiger charge is 2.78. The fourth-order valence-corrected chi connectivity index (χ4v) is 7.98. The van der Waals surface area contributed by atoms with E-state index in [-0.39, 0.29) is 11.8 Å². The largest absolute Gasteiger partial charge is 0.497 e. The van der Waals surface area contributed by atoms with Crippen LogP contribution in [-0.4, -0.2) is 51.4 Å². The molecule has 2 saturated heterocycles. The van der Waals surface area contributed by atoms with Gasteiger partial charge in [-0.2, -0.15) is 0 Å². The molecule has 3 aliphatic rings. The maximum atomic E-state index is 14.6. The van der Waals surface area contributed by atoms with Gasteiger partial charge in [-0.3, -0.25) is 19.4 Å². The number of rotatable bonds is 4. The van der Waals surface area contributed by atoms with E-state index in [1.54, 1.807) is 24.3 Å². The van der Waals surface area contributed by atoms with Crippen molar-refractivity contribution in [3.8, 4) is 5.75 Å². The van der Waals surface area contributed by atoms with E-state index in [1.165, 1.54) is 11.8 Å². The van der Waals surface area contributed by atoms with Crippen molar-refractivity contribution in [3.63, 3.8) is 0 Å². The first kappa shape index (κ1) is 22.3. The second kappa shape index (κ2) is 7.94. The van der Waals surface area contributed by atoms with Gasteiger partial charge in [0.25, 0.3) is 5.91 Å². The molecule has 3 aliphatic heterocycles. The molecule has 0 aliphatic carbocycles. The average molecular weight is 506 g/mol. The van der Waals surface area contributed by atoms with Crippen LogP contribution < -0.4 is 10.1 Å². The van der Waals surface area contributed by atoms with Crippen molar-refractivity contribution in [3.05, 3.63) is 83.8 Å². The highest BCUT2D eigenvalue weighted by Crippen LogP contribution is 2.66. The normalized spacial score (nSPS) is 27.8. The topological polar surface area (TPSA) is 75.0 Å². The molecular formula is C26H23N3O4S2. The molecule has 2 amide bonds. The number of thioether (sulfide) groups is 1. The number of ether oxygens (including phenoxy) is 1. The van der Waals surface area contributed by atoms with E-state index < -0.39 is 16.2 Å². The number of amides is 2. The molecule has 7 nitrogen and oxygen atoms in total. The summed E-state index contributed by atoms with van der Waals surface area (Å²) in [6.45, 7) is 0.780. The number of anilines is 1. The van der Waals surface area contributed by atoms with E-state index in [2.05, 4.69) is 5.32 Å². The number of fused-ring (bicyclic) bond motifs is 3. The molecule has 6 rings (SSSR count). The highest BCUT2D eigenvalue weighted by atomic mass is 32.2. The summed E-state index contributed by atoms with van der Waals surface area (Å²) in [6, 6.07) is 18.9. The number of thiocarbonyl (C=S) groups is 1. The van der Waals surface area contributed by atoms with Gasteiger partial charge in [-0.25, -0.2) is 0 Å². The van der Waals surface area contributed by atoms with Crippen molar-refractivity contribution in [2.45, 2.75) is 22.7 Å². The average Bonchev–Trinajstić information content (AvgIpc) is 3.60. The van der Waals surface area contributed by atoms with Crippen LogP contribution in [0, 0.1) is 0 Å². The minimum absolute atomic E-state index is 0.187. The molecule has 3 unspecified atom stereocenters. The molecule has 4 heterocycles. The molecule has 0 bridgehead atoms. The number of carbonyl (C=O) groups excluding carboxylic acids is 2. The van der Waals surface area contributed by atoms with Crippen LogP contribution in [0.5, 0.6) is 5.75 Å². The van der Waals surface area contributed by atoms with E-state index in [4.69, 9.17) is 21.4 Å². The summed E-state index contributed by atoms with van der Waals surface area (Å²) < 4.78 is 10.6. The molecule has 0 radical (unpaired) electrons. The van der Waals surface area contributed by atoms with Gasteiger partial charge in [-0.05, 0) is 42.9 Å². The monoisotopic (exact) mass is 505 g/mol. The van der Waals surface area contributed by atoms with Gasteiger partial charge in [0.2, 0.25) is 5.91 Å². The summed E-state index contributed by atoms with van der Waals surface area (Å²) >= 11 is 7.12. The van der Waals surface area contributed by atoms with Gasteiger partial charge in [-0.15, -0.1) is 0 Å². The summed E-state index contributed by atoms with van der Waals surface area (Å²) in [6.07, 6.45) is 1.60. The molecule has 178 valence electrons. The molecule has 1 aromatic heterocycles. The summed E-state index contributed by atoms with van der Waals surface area (Å²) in [4.78, 5) is 32.2. The summed E-state index contributed by atoms with van der Waals surface area (Å²) in [5.74, 6) is 0.434. The van der Waals surface area contributed by atoms with Gasteiger partial charge < -0.3 is 14.5 Å². The highest BCUT2D eigenvalue weighted by molar-refractivity contribution is 8.25. The van der Waals surface area contributed by atoms with E-state index in [1.807, 2.05) is 66.5 Å². The maximum Gasteiger partial charge on any atom is 0.251 e.